The molecule has 2 atom stereocenters. The van der Waals surface area contributed by atoms with Crippen LogP contribution in [0.3, 0.4) is 0 Å². The molecule has 1 rings (SSSR count). The van der Waals surface area contributed by atoms with Crippen LogP contribution in [0, 0.1) is 0 Å². The normalized spacial score (nSPS) is 27.2. The van der Waals surface area contributed by atoms with Crippen molar-refractivity contribution in [2.75, 3.05) is 0 Å². The topological polar surface area (TPSA) is 72.2 Å². The van der Waals surface area contributed by atoms with E-state index in [-0.39, 0.29) is 12.4 Å². The molecule has 1 aliphatic carbocycles. The van der Waals surface area contributed by atoms with E-state index in [1.807, 2.05) is 0 Å². The Morgan fingerprint density at radius 3 is 2.12 bits per heavy atom. The lowest BCUT2D eigenvalue weighted by molar-refractivity contribution is -0.0452. The first-order valence-electron chi connectivity index (χ1n) is 4.58. The fourth-order valence-corrected chi connectivity index (χ4v) is 2.40. The molecule has 4 nitrogen and oxygen atoms in total. The lowest BCUT2D eigenvalue weighted by Gasteiger charge is -2.29. The largest absolute Gasteiger partial charge is 0.511 e. The quantitative estimate of drug-likeness (QED) is 0.797. The molecule has 3 N–H and O–H groups in total. The zero-order valence-corrected chi connectivity index (χ0v) is 9.96. The van der Waals surface area contributed by atoms with Gasteiger partial charge in [0.15, 0.2) is 0 Å². The van der Waals surface area contributed by atoms with E-state index < -0.39 is 27.6 Å². The highest BCUT2D eigenvalue weighted by atomic mass is 35.5. The average Bonchev–Trinajstić information content (AvgIpc) is 2.06. The Hall–Kier alpha value is -0.0500. The molecule has 0 unspecified atom stereocenters. The molecule has 0 bridgehead atoms. The highest BCUT2D eigenvalue weighted by molar-refractivity contribution is 7.90. The number of rotatable bonds is 2. The molecule has 0 heterocycles. The molecule has 0 spiro atoms. The zero-order valence-electron chi connectivity index (χ0n) is 8.33. The smallest absolute Gasteiger partial charge is 0.326 e. The van der Waals surface area contributed by atoms with Gasteiger partial charge in [0.05, 0.1) is 0 Å². The molecule has 0 aromatic heterocycles. The second kappa shape index (κ2) is 5.52. The third kappa shape index (κ3) is 3.76. The van der Waals surface area contributed by atoms with E-state index in [4.69, 9.17) is 5.73 Å². The predicted octanol–water partition coefficient (Wildman–Crippen LogP) is 1.12. The highest BCUT2D eigenvalue weighted by Crippen LogP contribution is 2.25. The van der Waals surface area contributed by atoms with Gasteiger partial charge in [-0.15, -0.1) is 12.4 Å². The van der Waals surface area contributed by atoms with Gasteiger partial charge in [0.2, 0.25) is 0 Å². The third-order valence-corrected chi connectivity index (χ3v) is 3.65. The average molecular weight is 283 g/mol. The van der Waals surface area contributed by atoms with Crippen LogP contribution < -0.4 is 10.5 Å². The molecule has 0 aromatic rings. The molecule has 0 radical (unpaired) electrons. The number of nitrogens with one attached hydrogen (secondary N) is 1. The first-order valence-corrected chi connectivity index (χ1v) is 6.06. The van der Waals surface area contributed by atoms with Crippen LogP contribution in [0.25, 0.3) is 0 Å². The van der Waals surface area contributed by atoms with Crippen molar-refractivity contribution < 1.29 is 21.6 Å². The molecule has 0 aliphatic heterocycles. The van der Waals surface area contributed by atoms with E-state index >= 15 is 0 Å². The van der Waals surface area contributed by atoms with Gasteiger partial charge in [0, 0.05) is 12.1 Å². The van der Waals surface area contributed by atoms with E-state index in [1.54, 1.807) is 4.72 Å². The fraction of sp³-hybridized carbons (Fsp3) is 1.00. The first kappa shape index (κ1) is 16.0. The molecule has 1 aliphatic rings. The van der Waals surface area contributed by atoms with Crippen LogP contribution in [-0.4, -0.2) is 26.0 Å². The maximum absolute atomic E-state index is 12.0. The zero-order chi connectivity index (χ0) is 11.7. The second-order valence-corrected chi connectivity index (χ2v) is 5.33. The number of hydrogen-bond donors (Lipinski definition) is 2. The van der Waals surface area contributed by atoms with Gasteiger partial charge < -0.3 is 5.73 Å². The van der Waals surface area contributed by atoms with E-state index in [0.717, 1.165) is 6.42 Å². The summed E-state index contributed by atoms with van der Waals surface area (Å²) in [6, 6.07) is -1.33. The highest BCUT2D eigenvalue weighted by Gasteiger charge is 2.47. The Bertz CT molecular complexity index is 320. The van der Waals surface area contributed by atoms with Gasteiger partial charge in [-0.3, -0.25) is 0 Å². The second-order valence-electron chi connectivity index (χ2n) is 3.62. The van der Waals surface area contributed by atoms with Crippen LogP contribution in [0.4, 0.5) is 13.2 Å². The Balaban J connectivity index is 0.00000225. The number of halogens is 4. The van der Waals surface area contributed by atoms with Gasteiger partial charge in [0.1, 0.15) is 0 Å². The predicted molar refractivity (Wildman–Crippen MR) is 55.6 cm³/mol. The van der Waals surface area contributed by atoms with Crippen molar-refractivity contribution in [2.45, 2.75) is 43.3 Å². The summed E-state index contributed by atoms with van der Waals surface area (Å²) in [6.45, 7) is 0. The maximum atomic E-state index is 12.0. The Kier molecular flexibility index (Phi) is 5.51. The van der Waals surface area contributed by atoms with Crippen LogP contribution in [0.5, 0.6) is 0 Å². The maximum Gasteiger partial charge on any atom is 0.511 e. The minimum absolute atomic E-state index is 0. The van der Waals surface area contributed by atoms with Crippen LogP contribution in [0.15, 0.2) is 0 Å². The van der Waals surface area contributed by atoms with Crippen molar-refractivity contribution in [1.82, 2.24) is 4.72 Å². The molecule has 0 amide bonds. The summed E-state index contributed by atoms with van der Waals surface area (Å²) >= 11 is 0. The van der Waals surface area contributed by atoms with Crippen LogP contribution in [0.2, 0.25) is 0 Å². The van der Waals surface area contributed by atoms with Crippen LogP contribution in [-0.2, 0) is 10.0 Å². The Labute approximate surface area is 98.2 Å². The van der Waals surface area contributed by atoms with Gasteiger partial charge in [-0.25, -0.2) is 13.1 Å². The number of nitrogens with two attached hydrogens (primary N) is 1. The van der Waals surface area contributed by atoms with Crippen molar-refractivity contribution in [3.63, 3.8) is 0 Å². The summed E-state index contributed by atoms with van der Waals surface area (Å²) in [4.78, 5) is 0. The Morgan fingerprint density at radius 1 is 1.19 bits per heavy atom. The number of sulfonamides is 1. The molecule has 98 valence electrons. The van der Waals surface area contributed by atoms with Crippen molar-refractivity contribution in [2.24, 2.45) is 5.73 Å². The lowest BCUT2D eigenvalue weighted by atomic mass is 9.92. The third-order valence-electron chi connectivity index (χ3n) is 2.43. The molecular formula is C7H14ClF3N2O2S. The summed E-state index contributed by atoms with van der Waals surface area (Å²) in [5.74, 6) is 0. The van der Waals surface area contributed by atoms with E-state index in [2.05, 4.69) is 0 Å². The van der Waals surface area contributed by atoms with E-state index in [9.17, 15) is 21.6 Å². The Morgan fingerprint density at radius 2 is 1.69 bits per heavy atom. The first-order chi connectivity index (χ1) is 6.74. The van der Waals surface area contributed by atoms with Gasteiger partial charge in [0.25, 0.3) is 0 Å². The molecule has 0 aromatic carbocycles. The summed E-state index contributed by atoms with van der Waals surface area (Å²) in [5, 5.41) is 0. The molecule has 0 saturated heterocycles. The van der Waals surface area contributed by atoms with Crippen LogP contribution in [0.1, 0.15) is 25.7 Å². The van der Waals surface area contributed by atoms with Crippen molar-refractivity contribution >= 4 is 22.4 Å². The van der Waals surface area contributed by atoms with Gasteiger partial charge in [-0.2, -0.15) is 13.2 Å². The van der Waals surface area contributed by atoms with Gasteiger partial charge >= 0.3 is 15.5 Å². The van der Waals surface area contributed by atoms with E-state index in [0.29, 0.717) is 19.3 Å². The molecular weight excluding hydrogens is 269 g/mol. The SMILES string of the molecule is Cl.N[C@H]1CCCC[C@@H]1NS(=O)(=O)C(F)(F)F. The molecule has 1 fully saturated rings. The van der Waals surface area contributed by atoms with Gasteiger partial charge in [-0.05, 0) is 12.8 Å². The minimum atomic E-state index is -5.26. The standard InChI is InChI=1S/C7H13F3N2O2S.ClH/c8-7(9,10)15(13,14)12-6-4-2-1-3-5(6)11;/h5-6,12H,1-4,11H2;1H/t5-,6-;/m0./s1. The van der Waals surface area contributed by atoms with Crippen molar-refractivity contribution in [3.8, 4) is 0 Å². The van der Waals surface area contributed by atoms with Crippen molar-refractivity contribution in [1.29, 1.82) is 0 Å². The molecule has 1 saturated carbocycles. The summed E-state index contributed by atoms with van der Waals surface area (Å²) in [7, 11) is -5.26. The fourth-order valence-electron chi connectivity index (χ4n) is 1.57. The van der Waals surface area contributed by atoms with Gasteiger partial charge in [-0.1, -0.05) is 12.8 Å². The van der Waals surface area contributed by atoms with Crippen LogP contribution >= 0.6 is 12.4 Å². The molecule has 9 heteroatoms. The van der Waals surface area contributed by atoms with Crippen molar-refractivity contribution in [3.05, 3.63) is 0 Å². The molecule has 16 heavy (non-hydrogen) atoms. The number of alkyl halides is 3. The summed E-state index contributed by atoms with van der Waals surface area (Å²) in [6.07, 6.45) is 2.42. The summed E-state index contributed by atoms with van der Waals surface area (Å²) < 4.78 is 59.2. The lowest BCUT2D eigenvalue weighted by Crippen LogP contribution is -2.52. The van der Waals surface area contributed by atoms with E-state index in [1.165, 1.54) is 0 Å². The summed E-state index contributed by atoms with van der Waals surface area (Å²) in [5.41, 5.74) is 0.275. The minimum Gasteiger partial charge on any atom is -0.326 e. The number of hydrogen-bond acceptors (Lipinski definition) is 3. The monoisotopic (exact) mass is 282 g/mol.